The molecule has 9 heteroatoms. The van der Waals surface area contributed by atoms with E-state index >= 15 is 0 Å². The molecule has 0 radical (unpaired) electrons. The minimum absolute atomic E-state index is 0.0915. The summed E-state index contributed by atoms with van der Waals surface area (Å²) in [7, 11) is 3.11. The third kappa shape index (κ3) is 4.20. The van der Waals surface area contributed by atoms with Gasteiger partial charge in [-0.2, -0.15) is 0 Å². The molecule has 1 atom stereocenters. The fourth-order valence-electron chi connectivity index (χ4n) is 3.51. The maximum Gasteiger partial charge on any atom is 0.255 e. The number of carbonyl (C=O) groups excluding carboxylic acids is 2. The Hall–Kier alpha value is -2.65. The standard InChI is InChI=1S/C20H23N3O5S/c1-26-13-8-12(9-14(10-13)27-2)19(25)23-6-5-15-17(11-23)29-20(21-15)22-18(24)16-4-3-7-28-16/h8-10,16H,3-7,11H2,1-2H3,(H,21,22,24). The Labute approximate surface area is 172 Å². The highest BCUT2D eigenvalue weighted by atomic mass is 32.1. The molecule has 3 heterocycles. The number of thiazole rings is 1. The number of nitrogens with zero attached hydrogens (tertiary/aromatic N) is 2. The molecule has 0 spiro atoms. The Bertz CT molecular complexity index is 901. The molecule has 1 N–H and O–H groups in total. The molecule has 2 amide bonds. The summed E-state index contributed by atoms with van der Waals surface area (Å²) in [5.41, 5.74) is 1.45. The van der Waals surface area contributed by atoms with Gasteiger partial charge in [-0.3, -0.25) is 14.9 Å². The summed E-state index contributed by atoms with van der Waals surface area (Å²) in [6.45, 7) is 1.65. The zero-order valence-corrected chi connectivity index (χ0v) is 17.2. The van der Waals surface area contributed by atoms with Crippen molar-refractivity contribution < 1.29 is 23.8 Å². The van der Waals surface area contributed by atoms with Crippen molar-refractivity contribution in [3.63, 3.8) is 0 Å². The van der Waals surface area contributed by atoms with Gasteiger partial charge in [-0.25, -0.2) is 4.98 Å². The zero-order valence-electron chi connectivity index (χ0n) is 16.4. The maximum absolute atomic E-state index is 13.0. The van der Waals surface area contributed by atoms with Gasteiger partial charge in [-0.15, -0.1) is 0 Å². The molecular weight excluding hydrogens is 394 g/mol. The fourth-order valence-corrected chi connectivity index (χ4v) is 4.53. The van der Waals surface area contributed by atoms with Gasteiger partial charge in [0.15, 0.2) is 5.13 Å². The van der Waals surface area contributed by atoms with Crippen LogP contribution in [0.1, 0.15) is 33.8 Å². The van der Waals surface area contributed by atoms with Gasteiger partial charge in [0.2, 0.25) is 0 Å². The van der Waals surface area contributed by atoms with Crippen LogP contribution in [0.3, 0.4) is 0 Å². The van der Waals surface area contributed by atoms with Gasteiger partial charge < -0.3 is 19.1 Å². The van der Waals surface area contributed by atoms with Gasteiger partial charge in [0.1, 0.15) is 17.6 Å². The summed E-state index contributed by atoms with van der Waals surface area (Å²) in [5, 5.41) is 3.42. The first-order valence-electron chi connectivity index (χ1n) is 9.50. The van der Waals surface area contributed by atoms with Crippen molar-refractivity contribution in [2.45, 2.75) is 31.9 Å². The Morgan fingerprint density at radius 2 is 2.00 bits per heavy atom. The Kier molecular flexibility index (Phi) is 5.68. The largest absolute Gasteiger partial charge is 0.497 e. The van der Waals surface area contributed by atoms with E-state index in [9.17, 15) is 9.59 Å². The molecule has 1 unspecified atom stereocenters. The highest BCUT2D eigenvalue weighted by Gasteiger charge is 2.28. The lowest BCUT2D eigenvalue weighted by atomic mass is 10.1. The van der Waals surface area contributed by atoms with E-state index in [1.807, 2.05) is 0 Å². The first-order chi connectivity index (χ1) is 14.1. The van der Waals surface area contributed by atoms with Gasteiger partial charge in [0, 0.05) is 36.1 Å². The number of nitrogens with one attached hydrogen (secondary N) is 1. The molecule has 0 aliphatic carbocycles. The molecule has 4 rings (SSSR count). The minimum atomic E-state index is -0.392. The third-order valence-corrected chi connectivity index (χ3v) is 6.07. The van der Waals surface area contributed by atoms with Gasteiger partial charge in [-0.05, 0) is 25.0 Å². The SMILES string of the molecule is COc1cc(OC)cc(C(=O)N2CCc3nc(NC(=O)C4CCCO4)sc3C2)c1. The van der Waals surface area contributed by atoms with Crippen molar-refractivity contribution in [1.82, 2.24) is 9.88 Å². The first-order valence-corrected chi connectivity index (χ1v) is 10.3. The quantitative estimate of drug-likeness (QED) is 0.804. The molecule has 0 saturated carbocycles. The molecule has 2 aromatic rings. The zero-order chi connectivity index (χ0) is 20.4. The molecule has 1 saturated heterocycles. The van der Waals surface area contributed by atoms with Gasteiger partial charge in [-0.1, -0.05) is 11.3 Å². The predicted molar refractivity (Wildman–Crippen MR) is 108 cm³/mol. The predicted octanol–water partition coefficient (Wildman–Crippen LogP) is 2.48. The van der Waals surface area contributed by atoms with Crippen LogP contribution in [-0.4, -0.2) is 55.2 Å². The van der Waals surface area contributed by atoms with E-state index in [1.165, 1.54) is 11.3 Å². The minimum Gasteiger partial charge on any atom is -0.497 e. The Morgan fingerprint density at radius 1 is 1.24 bits per heavy atom. The summed E-state index contributed by atoms with van der Waals surface area (Å²) in [5.74, 6) is 0.904. The third-order valence-electron chi connectivity index (χ3n) is 5.07. The van der Waals surface area contributed by atoms with Crippen LogP contribution < -0.4 is 14.8 Å². The molecule has 8 nitrogen and oxygen atoms in total. The van der Waals surface area contributed by atoms with E-state index in [0.29, 0.717) is 48.3 Å². The van der Waals surface area contributed by atoms with Crippen molar-refractivity contribution in [2.75, 3.05) is 32.7 Å². The maximum atomic E-state index is 13.0. The van der Waals surface area contributed by atoms with E-state index in [0.717, 1.165) is 23.4 Å². The molecule has 1 fully saturated rings. The number of anilines is 1. The van der Waals surface area contributed by atoms with Crippen LogP contribution in [0.15, 0.2) is 18.2 Å². The highest BCUT2D eigenvalue weighted by Crippen LogP contribution is 2.30. The Morgan fingerprint density at radius 3 is 2.66 bits per heavy atom. The number of methoxy groups -OCH3 is 2. The molecule has 0 bridgehead atoms. The summed E-state index contributed by atoms with van der Waals surface area (Å²) in [6, 6.07) is 5.15. The van der Waals surface area contributed by atoms with E-state index < -0.39 is 6.10 Å². The molecular formula is C20H23N3O5S. The van der Waals surface area contributed by atoms with Crippen molar-refractivity contribution in [3.8, 4) is 11.5 Å². The average molecular weight is 417 g/mol. The first kappa shape index (κ1) is 19.7. The monoisotopic (exact) mass is 417 g/mol. The van der Waals surface area contributed by atoms with Crippen LogP contribution >= 0.6 is 11.3 Å². The number of amides is 2. The lowest BCUT2D eigenvalue weighted by molar-refractivity contribution is -0.124. The van der Waals surface area contributed by atoms with E-state index in [-0.39, 0.29) is 11.8 Å². The number of rotatable bonds is 5. The average Bonchev–Trinajstić information content (AvgIpc) is 3.41. The number of hydrogen-bond acceptors (Lipinski definition) is 7. The summed E-state index contributed by atoms with van der Waals surface area (Å²) < 4.78 is 15.9. The second kappa shape index (κ2) is 8.38. The van der Waals surface area contributed by atoms with E-state index in [4.69, 9.17) is 14.2 Å². The summed E-state index contributed by atoms with van der Waals surface area (Å²) in [4.78, 5) is 32.6. The molecule has 2 aliphatic rings. The van der Waals surface area contributed by atoms with Crippen LogP contribution in [0.25, 0.3) is 0 Å². The van der Waals surface area contributed by atoms with Crippen molar-refractivity contribution in [3.05, 3.63) is 34.3 Å². The summed E-state index contributed by atoms with van der Waals surface area (Å²) in [6.07, 6.45) is 1.90. The fraction of sp³-hybridized carbons (Fsp3) is 0.450. The molecule has 29 heavy (non-hydrogen) atoms. The van der Waals surface area contributed by atoms with Gasteiger partial charge >= 0.3 is 0 Å². The number of fused-ring (bicyclic) bond motifs is 1. The Balaban J connectivity index is 1.46. The van der Waals surface area contributed by atoms with Crippen LogP contribution in [0, 0.1) is 0 Å². The number of carbonyl (C=O) groups is 2. The van der Waals surface area contributed by atoms with Crippen molar-refractivity contribution >= 4 is 28.3 Å². The van der Waals surface area contributed by atoms with E-state index in [2.05, 4.69) is 10.3 Å². The number of benzene rings is 1. The second-order valence-electron chi connectivity index (χ2n) is 6.96. The van der Waals surface area contributed by atoms with Crippen LogP contribution in [-0.2, 0) is 22.5 Å². The second-order valence-corrected chi connectivity index (χ2v) is 8.04. The highest BCUT2D eigenvalue weighted by molar-refractivity contribution is 7.15. The lowest BCUT2D eigenvalue weighted by Gasteiger charge is -2.26. The van der Waals surface area contributed by atoms with Crippen molar-refractivity contribution in [2.24, 2.45) is 0 Å². The van der Waals surface area contributed by atoms with Crippen molar-refractivity contribution in [1.29, 1.82) is 0 Å². The molecule has 1 aromatic carbocycles. The molecule has 154 valence electrons. The normalized spacial score (nSPS) is 18.3. The van der Waals surface area contributed by atoms with E-state index in [1.54, 1.807) is 37.3 Å². The van der Waals surface area contributed by atoms with Crippen LogP contribution in [0.2, 0.25) is 0 Å². The van der Waals surface area contributed by atoms with Crippen LogP contribution in [0.4, 0.5) is 5.13 Å². The topological polar surface area (TPSA) is 90.0 Å². The molecule has 2 aliphatic heterocycles. The lowest BCUT2D eigenvalue weighted by Crippen LogP contribution is -2.35. The molecule has 1 aromatic heterocycles. The van der Waals surface area contributed by atoms with Crippen LogP contribution in [0.5, 0.6) is 11.5 Å². The van der Waals surface area contributed by atoms with Gasteiger partial charge in [0.25, 0.3) is 11.8 Å². The summed E-state index contributed by atoms with van der Waals surface area (Å²) >= 11 is 1.41. The smallest absolute Gasteiger partial charge is 0.255 e. The number of aromatic nitrogens is 1. The number of hydrogen-bond donors (Lipinski definition) is 1. The number of ether oxygens (including phenoxy) is 3. The van der Waals surface area contributed by atoms with Gasteiger partial charge in [0.05, 0.1) is 26.5 Å².